The van der Waals surface area contributed by atoms with Crippen molar-refractivity contribution in [1.29, 1.82) is 0 Å². The first-order chi connectivity index (χ1) is 10.3. The van der Waals surface area contributed by atoms with Gasteiger partial charge < -0.3 is 14.8 Å². The summed E-state index contributed by atoms with van der Waals surface area (Å²) in [6.45, 7) is 6.64. The van der Waals surface area contributed by atoms with Crippen molar-refractivity contribution in [3.05, 3.63) is 54.1 Å². The number of para-hydroxylation sites is 1. The molecule has 0 saturated heterocycles. The van der Waals surface area contributed by atoms with E-state index in [1.54, 1.807) is 0 Å². The Labute approximate surface area is 126 Å². The second-order valence-electron chi connectivity index (χ2n) is 4.81. The molecule has 0 aliphatic carbocycles. The van der Waals surface area contributed by atoms with Gasteiger partial charge >= 0.3 is 0 Å². The van der Waals surface area contributed by atoms with Crippen molar-refractivity contribution in [2.24, 2.45) is 0 Å². The zero-order valence-corrected chi connectivity index (χ0v) is 12.8. The molecule has 0 spiro atoms. The molecule has 0 aliphatic rings. The van der Waals surface area contributed by atoms with Crippen LogP contribution in [0.2, 0.25) is 0 Å². The summed E-state index contributed by atoms with van der Waals surface area (Å²) in [5.41, 5.74) is 1.12. The fourth-order valence-corrected chi connectivity index (χ4v) is 1.99. The van der Waals surface area contributed by atoms with E-state index in [0.29, 0.717) is 0 Å². The van der Waals surface area contributed by atoms with Crippen molar-refractivity contribution < 1.29 is 9.47 Å². The van der Waals surface area contributed by atoms with Crippen molar-refractivity contribution in [3.63, 3.8) is 0 Å². The Morgan fingerprint density at radius 3 is 2.48 bits per heavy atom. The highest BCUT2D eigenvalue weighted by molar-refractivity contribution is 5.42. The smallest absolute Gasteiger partial charge is 0.128 e. The van der Waals surface area contributed by atoms with Crippen LogP contribution >= 0.6 is 0 Å². The Morgan fingerprint density at radius 2 is 1.76 bits per heavy atom. The number of hydrogen-bond acceptors (Lipinski definition) is 3. The molecule has 0 aromatic heterocycles. The number of ether oxygens (including phenoxy) is 2. The van der Waals surface area contributed by atoms with E-state index < -0.39 is 0 Å². The van der Waals surface area contributed by atoms with E-state index in [1.165, 1.54) is 0 Å². The van der Waals surface area contributed by atoms with Crippen molar-refractivity contribution in [1.82, 2.24) is 5.32 Å². The highest BCUT2D eigenvalue weighted by atomic mass is 16.5. The maximum atomic E-state index is 5.88. The van der Waals surface area contributed by atoms with E-state index in [2.05, 4.69) is 19.2 Å². The Morgan fingerprint density at radius 1 is 0.952 bits per heavy atom. The zero-order chi connectivity index (χ0) is 14.9. The second-order valence-corrected chi connectivity index (χ2v) is 4.81. The summed E-state index contributed by atoms with van der Waals surface area (Å²) in [5.74, 6) is 2.60. The zero-order valence-electron chi connectivity index (χ0n) is 12.8. The minimum absolute atomic E-state index is 0.734. The minimum atomic E-state index is 0.734. The third-order valence-corrected chi connectivity index (χ3v) is 3.04. The molecule has 0 amide bonds. The molecule has 3 nitrogen and oxygen atoms in total. The number of rotatable bonds is 8. The van der Waals surface area contributed by atoms with Crippen LogP contribution in [-0.4, -0.2) is 13.2 Å². The van der Waals surface area contributed by atoms with E-state index in [0.717, 1.165) is 48.9 Å². The van der Waals surface area contributed by atoms with Gasteiger partial charge in [0.05, 0.1) is 6.61 Å². The lowest BCUT2D eigenvalue weighted by Gasteiger charge is -2.13. The van der Waals surface area contributed by atoms with Crippen LogP contribution in [0.5, 0.6) is 17.2 Å². The number of hydrogen-bond donors (Lipinski definition) is 1. The molecule has 2 rings (SSSR count). The van der Waals surface area contributed by atoms with Gasteiger partial charge in [0.2, 0.25) is 0 Å². The van der Waals surface area contributed by atoms with Gasteiger partial charge in [-0.2, -0.15) is 0 Å². The SMILES string of the molecule is CCCOc1ccc(Oc2ccccc2)cc1CNCC. The molecular weight excluding hydrogens is 262 g/mol. The first-order valence-electron chi connectivity index (χ1n) is 7.52. The lowest BCUT2D eigenvalue weighted by atomic mass is 10.2. The van der Waals surface area contributed by atoms with E-state index in [9.17, 15) is 0 Å². The van der Waals surface area contributed by atoms with Gasteiger partial charge in [-0.25, -0.2) is 0 Å². The molecule has 1 N–H and O–H groups in total. The largest absolute Gasteiger partial charge is 0.493 e. The first kappa shape index (κ1) is 15.4. The quantitative estimate of drug-likeness (QED) is 0.781. The Balaban J connectivity index is 2.15. The van der Waals surface area contributed by atoms with E-state index in [1.807, 2.05) is 48.5 Å². The van der Waals surface area contributed by atoms with Gasteiger partial charge in [-0.1, -0.05) is 32.0 Å². The summed E-state index contributed by atoms with van der Waals surface area (Å²) >= 11 is 0. The molecule has 112 valence electrons. The van der Waals surface area contributed by atoms with Crippen LogP contribution in [0.3, 0.4) is 0 Å². The molecule has 21 heavy (non-hydrogen) atoms. The summed E-state index contributed by atoms with van der Waals surface area (Å²) in [5, 5.41) is 3.34. The summed E-state index contributed by atoms with van der Waals surface area (Å²) < 4.78 is 11.7. The number of nitrogens with one attached hydrogen (secondary N) is 1. The molecule has 0 fully saturated rings. The van der Waals surface area contributed by atoms with Crippen molar-refractivity contribution in [3.8, 4) is 17.2 Å². The highest BCUT2D eigenvalue weighted by Gasteiger charge is 2.06. The maximum Gasteiger partial charge on any atom is 0.128 e. The molecule has 0 saturated carbocycles. The van der Waals surface area contributed by atoms with Crippen LogP contribution < -0.4 is 14.8 Å². The summed E-state index contributed by atoms with van der Waals surface area (Å²) in [6.07, 6.45) is 1.00. The molecule has 0 aliphatic heterocycles. The van der Waals surface area contributed by atoms with Crippen molar-refractivity contribution in [2.75, 3.05) is 13.2 Å². The van der Waals surface area contributed by atoms with Crippen LogP contribution in [0, 0.1) is 0 Å². The lowest BCUT2D eigenvalue weighted by Crippen LogP contribution is -2.13. The van der Waals surface area contributed by atoms with Gasteiger partial charge in [0.25, 0.3) is 0 Å². The molecule has 2 aromatic rings. The molecule has 0 unspecified atom stereocenters. The minimum Gasteiger partial charge on any atom is -0.493 e. The third-order valence-electron chi connectivity index (χ3n) is 3.04. The summed E-state index contributed by atoms with van der Waals surface area (Å²) in [6, 6.07) is 15.8. The summed E-state index contributed by atoms with van der Waals surface area (Å²) in [4.78, 5) is 0. The van der Waals surface area contributed by atoms with Gasteiger partial charge in [-0.15, -0.1) is 0 Å². The van der Waals surface area contributed by atoms with E-state index in [-0.39, 0.29) is 0 Å². The predicted octanol–water partition coefficient (Wildman–Crippen LogP) is 4.38. The van der Waals surface area contributed by atoms with E-state index in [4.69, 9.17) is 9.47 Å². The van der Waals surface area contributed by atoms with Crippen molar-refractivity contribution >= 4 is 0 Å². The maximum absolute atomic E-state index is 5.88. The second kappa shape index (κ2) is 8.32. The topological polar surface area (TPSA) is 30.5 Å². The van der Waals surface area contributed by atoms with Gasteiger partial charge in [0.15, 0.2) is 0 Å². The molecule has 0 radical (unpaired) electrons. The van der Waals surface area contributed by atoms with Crippen LogP contribution in [-0.2, 0) is 6.54 Å². The first-order valence-corrected chi connectivity index (χ1v) is 7.52. The molecule has 2 aromatic carbocycles. The van der Waals surface area contributed by atoms with Crippen molar-refractivity contribution in [2.45, 2.75) is 26.8 Å². The monoisotopic (exact) mass is 285 g/mol. The predicted molar refractivity (Wildman–Crippen MR) is 86.1 cm³/mol. The third kappa shape index (κ3) is 4.80. The fraction of sp³-hybridized carbons (Fsp3) is 0.333. The van der Waals surface area contributed by atoms with Crippen LogP contribution in [0.4, 0.5) is 0 Å². The lowest BCUT2D eigenvalue weighted by molar-refractivity contribution is 0.313. The van der Waals surface area contributed by atoms with Gasteiger partial charge in [-0.3, -0.25) is 0 Å². The van der Waals surface area contributed by atoms with Crippen LogP contribution in [0.25, 0.3) is 0 Å². The van der Waals surface area contributed by atoms with Crippen LogP contribution in [0.1, 0.15) is 25.8 Å². The van der Waals surface area contributed by atoms with Gasteiger partial charge in [0.1, 0.15) is 17.2 Å². The van der Waals surface area contributed by atoms with E-state index >= 15 is 0 Å². The van der Waals surface area contributed by atoms with Gasteiger partial charge in [-0.05, 0) is 43.3 Å². The standard InChI is InChI=1S/C18H23NO2/c1-3-12-20-18-11-10-17(13-15(18)14-19-4-2)21-16-8-6-5-7-9-16/h5-11,13,19H,3-4,12,14H2,1-2H3. The average molecular weight is 285 g/mol. The average Bonchev–Trinajstić information content (AvgIpc) is 2.53. The Bertz CT molecular complexity index is 540. The molecule has 0 atom stereocenters. The number of benzene rings is 2. The molecule has 0 bridgehead atoms. The Kier molecular flexibility index (Phi) is 6.10. The summed E-state index contributed by atoms with van der Waals surface area (Å²) in [7, 11) is 0. The highest BCUT2D eigenvalue weighted by Crippen LogP contribution is 2.28. The van der Waals surface area contributed by atoms with Gasteiger partial charge in [0, 0.05) is 12.1 Å². The normalized spacial score (nSPS) is 10.4. The Hall–Kier alpha value is -2.00. The van der Waals surface area contributed by atoms with Crippen LogP contribution in [0.15, 0.2) is 48.5 Å². The molecular formula is C18H23NO2. The fourth-order valence-electron chi connectivity index (χ4n) is 1.99. The molecule has 3 heteroatoms. The molecule has 0 heterocycles.